The fourth-order valence-electron chi connectivity index (χ4n) is 2.41. The van der Waals surface area contributed by atoms with Crippen molar-refractivity contribution in [2.45, 2.75) is 19.4 Å². The Balaban J connectivity index is 2.12. The number of hydrogen-bond acceptors (Lipinski definition) is 2. The molecule has 0 aromatic heterocycles. The van der Waals surface area contributed by atoms with Crippen molar-refractivity contribution in [3.05, 3.63) is 48.0 Å². The smallest absolute Gasteiger partial charge is 0.0529 e. The van der Waals surface area contributed by atoms with Gasteiger partial charge in [-0.25, -0.2) is 0 Å². The Morgan fingerprint density at radius 1 is 1.29 bits per heavy atom. The van der Waals surface area contributed by atoms with E-state index >= 15 is 0 Å². The monoisotopic (exact) mass is 230 g/mol. The van der Waals surface area contributed by atoms with Crippen molar-refractivity contribution in [1.82, 2.24) is 10.2 Å². The number of hydrogen-bond donors (Lipinski definition) is 1. The van der Waals surface area contributed by atoms with E-state index in [0.717, 1.165) is 32.6 Å². The molecule has 1 aromatic carbocycles. The molecule has 0 spiro atoms. The van der Waals surface area contributed by atoms with E-state index in [2.05, 4.69) is 54.1 Å². The number of nitrogens with zero attached hydrogens (tertiary/aromatic N) is 1. The molecule has 92 valence electrons. The van der Waals surface area contributed by atoms with Gasteiger partial charge in [-0.3, -0.25) is 4.90 Å². The number of rotatable bonds is 4. The Labute approximate surface area is 104 Å². The summed E-state index contributed by atoms with van der Waals surface area (Å²) < 4.78 is 0. The maximum atomic E-state index is 3.99. The summed E-state index contributed by atoms with van der Waals surface area (Å²) in [6, 6.07) is 9.31. The van der Waals surface area contributed by atoms with Crippen molar-refractivity contribution in [2.24, 2.45) is 0 Å². The van der Waals surface area contributed by atoms with Gasteiger partial charge in [0.1, 0.15) is 0 Å². The first-order chi connectivity index (χ1) is 8.35. The fourth-order valence-corrected chi connectivity index (χ4v) is 2.41. The lowest BCUT2D eigenvalue weighted by Gasteiger charge is -2.33. The highest BCUT2D eigenvalue weighted by Gasteiger charge is 2.18. The highest BCUT2D eigenvalue weighted by atomic mass is 15.2. The van der Waals surface area contributed by atoms with Crippen LogP contribution in [0.4, 0.5) is 0 Å². The molecular weight excluding hydrogens is 208 g/mol. The third kappa shape index (κ3) is 2.96. The zero-order valence-corrected chi connectivity index (χ0v) is 10.7. The molecule has 0 amide bonds. The lowest BCUT2D eigenvalue weighted by molar-refractivity contribution is 0.203. The minimum absolute atomic E-state index is 0.364. The van der Waals surface area contributed by atoms with Crippen molar-refractivity contribution in [2.75, 3.05) is 26.2 Å². The van der Waals surface area contributed by atoms with Gasteiger partial charge in [0, 0.05) is 26.2 Å². The van der Waals surface area contributed by atoms with Crippen LogP contribution in [-0.4, -0.2) is 31.1 Å². The molecular formula is C15H22N2. The molecule has 0 saturated carbocycles. The lowest BCUT2D eigenvalue weighted by Crippen LogP contribution is -2.44. The number of piperazine rings is 1. The maximum absolute atomic E-state index is 3.99. The van der Waals surface area contributed by atoms with E-state index in [4.69, 9.17) is 0 Å². The second-order valence-corrected chi connectivity index (χ2v) is 4.56. The normalized spacial score (nSPS) is 18.9. The molecule has 0 bridgehead atoms. The highest BCUT2D eigenvalue weighted by Crippen LogP contribution is 2.22. The number of aryl methyl sites for hydroxylation is 1. The molecule has 2 heteroatoms. The van der Waals surface area contributed by atoms with Gasteiger partial charge in [-0.15, -0.1) is 6.58 Å². The summed E-state index contributed by atoms with van der Waals surface area (Å²) >= 11 is 0. The molecule has 2 nitrogen and oxygen atoms in total. The largest absolute Gasteiger partial charge is 0.314 e. The van der Waals surface area contributed by atoms with Gasteiger partial charge in [-0.1, -0.05) is 37.3 Å². The summed E-state index contributed by atoms with van der Waals surface area (Å²) in [7, 11) is 0. The Hall–Kier alpha value is -1.12. The topological polar surface area (TPSA) is 15.3 Å². The average molecular weight is 230 g/mol. The summed E-state index contributed by atoms with van der Waals surface area (Å²) in [5.41, 5.74) is 2.76. The van der Waals surface area contributed by atoms with Crippen LogP contribution in [-0.2, 0) is 6.42 Å². The predicted octanol–water partition coefficient (Wildman–Crippen LogP) is 2.38. The third-order valence-corrected chi connectivity index (χ3v) is 3.50. The van der Waals surface area contributed by atoms with Crippen molar-refractivity contribution < 1.29 is 0 Å². The molecule has 0 radical (unpaired) electrons. The summed E-state index contributed by atoms with van der Waals surface area (Å²) in [4.78, 5) is 2.49. The lowest BCUT2D eigenvalue weighted by atomic mass is 10.0. The third-order valence-electron chi connectivity index (χ3n) is 3.50. The van der Waals surface area contributed by atoms with E-state index in [1.54, 1.807) is 0 Å². The van der Waals surface area contributed by atoms with Crippen LogP contribution < -0.4 is 5.32 Å². The molecule has 1 heterocycles. The first-order valence-electron chi connectivity index (χ1n) is 6.51. The Bertz CT molecular complexity index is 350. The van der Waals surface area contributed by atoms with Gasteiger partial charge in [0.05, 0.1) is 6.04 Å². The summed E-state index contributed by atoms with van der Waals surface area (Å²) in [5, 5.41) is 3.39. The zero-order chi connectivity index (χ0) is 12.1. The molecule has 1 aromatic rings. The van der Waals surface area contributed by atoms with Crippen LogP contribution in [0, 0.1) is 0 Å². The van der Waals surface area contributed by atoms with Crippen LogP contribution in [0.1, 0.15) is 24.1 Å². The van der Waals surface area contributed by atoms with Gasteiger partial charge in [0.15, 0.2) is 0 Å². The van der Waals surface area contributed by atoms with Crippen molar-refractivity contribution in [1.29, 1.82) is 0 Å². The molecule has 1 aliphatic rings. The fraction of sp³-hybridized carbons (Fsp3) is 0.467. The number of benzene rings is 1. The van der Waals surface area contributed by atoms with Gasteiger partial charge in [0.2, 0.25) is 0 Å². The Morgan fingerprint density at radius 2 is 1.94 bits per heavy atom. The summed E-state index contributed by atoms with van der Waals surface area (Å²) in [5.74, 6) is 0. The standard InChI is InChI=1S/C15H22N2/c1-3-13-5-7-14(8-6-13)15(4-2)17-11-9-16-10-12-17/h4-8,15-16H,2-3,9-12H2,1H3/t15-/m0/s1. The quantitative estimate of drug-likeness (QED) is 0.799. The summed E-state index contributed by atoms with van der Waals surface area (Å²) in [6.07, 6.45) is 3.17. The average Bonchev–Trinajstić information content (AvgIpc) is 2.42. The first kappa shape index (κ1) is 12.3. The van der Waals surface area contributed by atoms with Crippen LogP contribution in [0.25, 0.3) is 0 Å². The Kier molecular flexibility index (Phi) is 4.35. The van der Waals surface area contributed by atoms with Crippen LogP contribution in [0.2, 0.25) is 0 Å². The predicted molar refractivity (Wildman–Crippen MR) is 73.2 cm³/mol. The minimum Gasteiger partial charge on any atom is -0.314 e. The van der Waals surface area contributed by atoms with E-state index in [-0.39, 0.29) is 0 Å². The molecule has 1 aliphatic heterocycles. The van der Waals surface area contributed by atoms with Crippen molar-refractivity contribution in [3.63, 3.8) is 0 Å². The van der Waals surface area contributed by atoms with E-state index in [1.165, 1.54) is 11.1 Å². The SMILES string of the molecule is C=C[C@@H](c1ccc(CC)cc1)N1CCNCC1. The molecule has 1 fully saturated rings. The van der Waals surface area contributed by atoms with Crippen LogP contribution >= 0.6 is 0 Å². The van der Waals surface area contributed by atoms with E-state index in [0.29, 0.717) is 6.04 Å². The van der Waals surface area contributed by atoms with Crippen molar-refractivity contribution >= 4 is 0 Å². The summed E-state index contributed by atoms with van der Waals surface area (Å²) in [6.45, 7) is 10.6. The highest BCUT2D eigenvalue weighted by molar-refractivity contribution is 5.27. The minimum atomic E-state index is 0.364. The first-order valence-corrected chi connectivity index (χ1v) is 6.51. The van der Waals surface area contributed by atoms with Gasteiger partial charge in [-0.2, -0.15) is 0 Å². The molecule has 1 saturated heterocycles. The van der Waals surface area contributed by atoms with Gasteiger partial charge < -0.3 is 5.32 Å². The molecule has 0 unspecified atom stereocenters. The molecule has 1 N–H and O–H groups in total. The molecule has 17 heavy (non-hydrogen) atoms. The second kappa shape index (κ2) is 5.99. The van der Waals surface area contributed by atoms with E-state index < -0.39 is 0 Å². The molecule has 1 atom stereocenters. The van der Waals surface area contributed by atoms with Gasteiger partial charge >= 0.3 is 0 Å². The zero-order valence-electron chi connectivity index (χ0n) is 10.7. The maximum Gasteiger partial charge on any atom is 0.0529 e. The Morgan fingerprint density at radius 3 is 2.47 bits per heavy atom. The van der Waals surface area contributed by atoms with E-state index in [1.807, 2.05) is 0 Å². The molecule has 0 aliphatic carbocycles. The van der Waals surface area contributed by atoms with E-state index in [9.17, 15) is 0 Å². The molecule has 2 rings (SSSR count). The van der Waals surface area contributed by atoms with Crippen molar-refractivity contribution in [3.8, 4) is 0 Å². The number of nitrogens with one attached hydrogen (secondary N) is 1. The van der Waals surface area contributed by atoms with Gasteiger partial charge in [0.25, 0.3) is 0 Å². The van der Waals surface area contributed by atoms with Gasteiger partial charge in [-0.05, 0) is 17.5 Å². The second-order valence-electron chi connectivity index (χ2n) is 4.56. The van der Waals surface area contributed by atoms with Crippen LogP contribution in [0.5, 0.6) is 0 Å². The van der Waals surface area contributed by atoms with Crippen LogP contribution in [0.15, 0.2) is 36.9 Å². The van der Waals surface area contributed by atoms with Crippen LogP contribution in [0.3, 0.4) is 0 Å².